The van der Waals surface area contributed by atoms with Gasteiger partial charge in [-0.25, -0.2) is 4.39 Å². The normalized spacial score (nSPS) is 12.2. The Morgan fingerprint density at radius 3 is 2.55 bits per heavy atom. The molecule has 2 aromatic rings. The SMILES string of the molecule is C[C@H](N)c1ccc(OCCCc2ccccc2)c(F)c1. The van der Waals surface area contributed by atoms with Crippen LogP contribution in [0.15, 0.2) is 48.5 Å². The maximum Gasteiger partial charge on any atom is 0.165 e. The molecule has 0 bridgehead atoms. The van der Waals surface area contributed by atoms with Crippen LogP contribution in [0.3, 0.4) is 0 Å². The monoisotopic (exact) mass is 273 g/mol. The van der Waals surface area contributed by atoms with Crippen molar-refractivity contribution in [3.05, 3.63) is 65.5 Å². The van der Waals surface area contributed by atoms with Gasteiger partial charge in [0.1, 0.15) is 0 Å². The van der Waals surface area contributed by atoms with Crippen LogP contribution >= 0.6 is 0 Å². The Bertz CT molecular complexity index is 540. The Morgan fingerprint density at radius 2 is 1.90 bits per heavy atom. The van der Waals surface area contributed by atoms with E-state index in [2.05, 4.69) is 12.1 Å². The molecule has 2 rings (SSSR count). The third-order valence-electron chi connectivity index (χ3n) is 3.19. The number of aryl methyl sites for hydroxylation is 1. The Hall–Kier alpha value is -1.87. The van der Waals surface area contributed by atoms with Crippen molar-refractivity contribution in [3.8, 4) is 5.75 Å². The van der Waals surface area contributed by atoms with E-state index in [1.165, 1.54) is 11.6 Å². The third kappa shape index (κ3) is 4.07. The van der Waals surface area contributed by atoms with Crippen molar-refractivity contribution < 1.29 is 9.13 Å². The third-order valence-corrected chi connectivity index (χ3v) is 3.19. The van der Waals surface area contributed by atoms with Crippen LogP contribution < -0.4 is 10.5 Å². The maximum atomic E-state index is 13.8. The van der Waals surface area contributed by atoms with Gasteiger partial charge in [-0.15, -0.1) is 0 Å². The second-order valence-corrected chi connectivity index (χ2v) is 4.92. The van der Waals surface area contributed by atoms with E-state index >= 15 is 0 Å². The highest BCUT2D eigenvalue weighted by molar-refractivity contribution is 5.30. The zero-order valence-corrected chi connectivity index (χ0v) is 11.7. The molecule has 0 saturated carbocycles. The van der Waals surface area contributed by atoms with E-state index in [9.17, 15) is 4.39 Å². The highest BCUT2D eigenvalue weighted by Gasteiger charge is 2.07. The highest BCUT2D eigenvalue weighted by Crippen LogP contribution is 2.21. The summed E-state index contributed by atoms with van der Waals surface area (Å²) < 4.78 is 19.3. The first kappa shape index (κ1) is 14.5. The van der Waals surface area contributed by atoms with E-state index < -0.39 is 0 Å². The molecule has 106 valence electrons. The summed E-state index contributed by atoms with van der Waals surface area (Å²) in [4.78, 5) is 0. The lowest BCUT2D eigenvalue weighted by Crippen LogP contribution is -2.06. The number of hydrogen-bond donors (Lipinski definition) is 1. The second kappa shape index (κ2) is 7.06. The van der Waals surface area contributed by atoms with Crippen molar-refractivity contribution in [1.29, 1.82) is 0 Å². The Morgan fingerprint density at radius 1 is 1.15 bits per heavy atom. The molecule has 0 saturated heterocycles. The molecule has 0 aliphatic heterocycles. The van der Waals surface area contributed by atoms with Gasteiger partial charge in [0.15, 0.2) is 11.6 Å². The largest absolute Gasteiger partial charge is 0.491 e. The van der Waals surface area contributed by atoms with E-state index in [1.54, 1.807) is 12.1 Å². The Balaban J connectivity index is 1.82. The van der Waals surface area contributed by atoms with Crippen molar-refractivity contribution in [2.45, 2.75) is 25.8 Å². The molecule has 0 aliphatic rings. The van der Waals surface area contributed by atoms with Gasteiger partial charge in [0.05, 0.1) is 6.61 Å². The molecule has 1 atom stereocenters. The van der Waals surface area contributed by atoms with Gasteiger partial charge < -0.3 is 10.5 Å². The molecule has 0 radical (unpaired) electrons. The summed E-state index contributed by atoms with van der Waals surface area (Å²) in [7, 11) is 0. The average Bonchev–Trinajstić information content (AvgIpc) is 2.46. The van der Waals surface area contributed by atoms with Crippen LogP contribution in [0.5, 0.6) is 5.75 Å². The van der Waals surface area contributed by atoms with Gasteiger partial charge in [-0.2, -0.15) is 0 Å². The van der Waals surface area contributed by atoms with Crippen molar-refractivity contribution in [1.82, 2.24) is 0 Å². The van der Waals surface area contributed by atoms with E-state index in [0.29, 0.717) is 12.4 Å². The summed E-state index contributed by atoms with van der Waals surface area (Å²) in [6, 6.07) is 14.9. The van der Waals surface area contributed by atoms with Gasteiger partial charge in [-0.3, -0.25) is 0 Å². The van der Waals surface area contributed by atoms with Crippen molar-refractivity contribution in [2.24, 2.45) is 5.73 Å². The molecule has 2 aromatic carbocycles. The number of hydrogen-bond acceptors (Lipinski definition) is 2. The minimum Gasteiger partial charge on any atom is -0.491 e. The molecule has 0 spiro atoms. The molecule has 0 aromatic heterocycles. The van der Waals surface area contributed by atoms with E-state index in [4.69, 9.17) is 10.5 Å². The zero-order chi connectivity index (χ0) is 14.4. The zero-order valence-electron chi connectivity index (χ0n) is 11.7. The van der Waals surface area contributed by atoms with Gasteiger partial charge in [-0.05, 0) is 43.0 Å². The predicted molar refractivity (Wildman–Crippen MR) is 79.3 cm³/mol. The molecule has 0 amide bonds. The Labute approximate surface area is 119 Å². The lowest BCUT2D eigenvalue weighted by atomic mass is 10.1. The first-order valence-electron chi connectivity index (χ1n) is 6.88. The number of ether oxygens (including phenoxy) is 1. The molecule has 2 N–H and O–H groups in total. The number of rotatable bonds is 6. The molecule has 0 aliphatic carbocycles. The molecule has 0 unspecified atom stereocenters. The number of nitrogens with two attached hydrogens (primary N) is 1. The molecular formula is C17H20FNO. The van der Waals surface area contributed by atoms with E-state index in [0.717, 1.165) is 18.4 Å². The van der Waals surface area contributed by atoms with Crippen LogP contribution in [-0.2, 0) is 6.42 Å². The van der Waals surface area contributed by atoms with Crippen molar-refractivity contribution >= 4 is 0 Å². The fraction of sp³-hybridized carbons (Fsp3) is 0.294. The van der Waals surface area contributed by atoms with Crippen LogP contribution in [0.2, 0.25) is 0 Å². The molecule has 3 heteroatoms. The minimum atomic E-state index is -0.348. The summed E-state index contributed by atoms with van der Waals surface area (Å²) in [6.45, 7) is 2.33. The van der Waals surface area contributed by atoms with Gasteiger partial charge >= 0.3 is 0 Å². The predicted octanol–water partition coefficient (Wildman–Crippen LogP) is 3.86. The van der Waals surface area contributed by atoms with Gasteiger partial charge in [0, 0.05) is 6.04 Å². The second-order valence-electron chi connectivity index (χ2n) is 4.92. The topological polar surface area (TPSA) is 35.2 Å². The maximum absolute atomic E-state index is 13.8. The number of halogens is 1. The molecule has 0 heterocycles. The van der Waals surface area contributed by atoms with Crippen molar-refractivity contribution in [3.63, 3.8) is 0 Å². The van der Waals surface area contributed by atoms with Gasteiger partial charge in [0.2, 0.25) is 0 Å². The molecule has 20 heavy (non-hydrogen) atoms. The van der Waals surface area contributed by atoms with Crippen molar-refractivity contribution in [2.75, 3.05) is 6.61 Å². The summed E-state index contributed by atoms with van der Waals surface area (Å²) in [6.07, 6.45) is 1.79. The van der Waals surface area contributed by atoms with E-state index in [1.807, 2.05) is 25.1 Å². The van der Waals surface area contributed by atoms with Gasteiger partial charge in [-0.1, -0.05) is 36.4 Å². The minimum absolute atomic E-state index is 0.170. The number of benzene rings is 2. The lowest BCUT2D eigenvalue weighted by Gasteiger charge is -2.10. The van der Waals surface area contributed by atoms with Crippen LogP contribution in [0.25, 0.3) is 0 Å². The highest BCUT2D eigenvalue weighted by atomic mass is 19.1. The van der Waals surface area contributed by atoms with Crippen LogP contribution in [0.1, 0.15) is 30.5 Å². The summed E-state index contributed by atoms with van der Waals surface area (Å²) >= 11 is 0. The Kier molecular flexibility index (Phi) is 5.13. The lowest BCUT2D eigenvalue weighted by molar-refractivity contribution is 0.295. The van der Waals surface area contributed by atoms with E-state index in [-0.39, 0.29) is 11.9 Å². The quantitative estimate of drug-likeness (QED) is 0.811. The van der Waals surface area contributed by atoms with Crippen LogP contribution in [-0.4, -0.2) is 6.61 Å². The summed E-state index contributed by atoms with van der Waals surface area (Å²) in [5.41, 5.74) is 7.76. The summed E-state index contributed by atoms with van der Waals surface area (Å²) in [5.74, 6) is -0.0537. The first-order chi connectivity index (χ1) is 9.66. The molecule has 0 fully saturated rings. The molecule has 2 nitrogen and oxygen atoms in total. The smallest absolute Gasteiger partial charge is 0.165 e. The fourth-order valence-electron chi connectivity index (χ4n) is 2.02. The van der Waals surface area contributed by atoms with Crippen LogP contribution in [0, 0.1) is 5.82 Å². The standard InChI is InChI=1S/C17H20FNO/c1-13(19)15-9-10-17(16(18)12-15)20-11-5-8-14-6-3-2-4-7-14/h2-4,6-7,9-10,12-13H,5,8,11,19H2,1H3/t13-/m0/s1. The van der Waals surface area contributed by atoms with Gasteiger partial charge in [0.25, 0.3) is 0 Å². The fourth-order valence-corrected chi connectivity index (χ4v) is 2.02. The van der Waals surface area contributed by atoms with Crippen LogP contribution in [0.4, 0.5) is 4.39 Å². The summed E-state index contributed by atoms with van der Waals surface area (Å²) in [5, 5.41) is 0. The molecular weight excluding hydrogens is 253 g/mol. The average molecular weight is 273 g/mol. The first-order valence-corrected chi connectivity index (χ1v) is 6.88.